The topological polar surface area (TPSA) is 104 Å². The Hall–Kier alpha value is -2.86. The highest BCUT2D eigenvalue weighted by molar-refractivity contribution is 7.89. The Labute approximate surface area is 155 Å². The molecule has 2 amide bonds. The molecule has 0 saturated carbocycles. The zero-order valence-corrected chi connectivity index (χ0v) is 14.9. The third kappa shape index (κ3) is 5.07. The smallest absolute Gasteiger partial charge is 0.267 e. The van der Waals surface area contributed by atoms with Crippen LogP contribution in [0.25, 0.3) is 0 Å². The van der Waals surface area contributed by atoms with E-state index in [4.69, 9.17) is 18.0 Å². The van der Waals surface area contributed by atoms with Gasteiger partial charge in [0, 0.05) is 16.1 Å². The maximum Gasteiger partial charge on any atom is 0.269 e. The number of sulfonamides is 1. The Bertz CT molecular complexity index is 949. The van der Waals surface area contributed by atoms with Crippen molar-refractivity contribution in [3.63, 3.8) is 0 Å². The summed E-state index contributed by atoms with van der Waals surface area (Å²) in [6, 6.07) is 11.3. The molecule has 0 radical (unpaired) electrons. The maximum atomic E-state index is 12.0. The van der Waals surface area contributed by atoms with E-state index in [9.17, 15) is 18.0 Å². The van der Waals surface area contributed by atoms with Gasteiger partial charge in [-0.25, -0.2) is 8.42 Å². The van der Waals surface area contributed by atoms with E-state index >= 15 is 0 Å². The summed E-state index contributed by atoms with van der Waals surface area (Å²) in [5.41, 5.74) is 4.98. The van der Waals surface area contributed by atoms with E-state index in [-0.39, 0.29) is 17.0 Å². The number of carbonyl (C=O) groups is 2. The number of amides is 2. The number of carbonyl (C=O) groups excluding carboxylic acids is 2. The van der Waals surface area contributed by atoms with Crippen molar-refractivity contribution in [3.05, 3.63) is 64.7 Å². The van der Waals surface area contributed by atoms with Gasteiger partial charge in [0.2, 0.25) is 10.0 Å². The van der Waals surface area contributed by atoms with E-state index in [1.807, 2.05) is 0 Å². The molecule has 0 unspecified atom stereocenters. The SMILES string of the molecule is C#CCNS(=O)(=O)c1ccc(C(=O)NNC(=O)c2ccc(Cl)cc2)cc1. The van der Waals surface area contributed by atoms with Crippen LogP contribution in [0.1, 0.15) is 20.7 Å². The fraction of sp³-hybridized carbons (Fsp3) is 0.0588. The molecular formula is C17H14ClN3O4S. The normalized spacial score (nSPS) is 10.6. The van der Waals surface area contributed by atoms with Crippen LogP contribution < -0.4 is 15.6 Å². The molecule has 0 aliphatic heterocycles. The summed E-state index contributed by atoms with van der Waals surface area (Å²) in [5.74, 6) is 1.04. The van der Waals surface area contributed by atoms with Crippen molar-refractivity contribution in [2.24, 2.45) is 0 Å². The van der Waals surface area contributed by atoms with Gasteiger partial charge in [-0.1, -0.05) is 17.5 Å². The van der Waals surface area contributed by atoms with Crippen LogP contribution >= 0.6 is 11.6 Å². The number of terminal acetylenes is 1. The first kappa shape index (κ1) is 19.5. The molecule has 9 heteroatoms. The lowest BCUT2D eigenvalue weighted by atomic mass is 10.2. The monoisotopic (exact) mass is 391 g/mol. The lowest BCUT2D eigenvalue weighted by Gasteiger charge is -2.08. The first-order valence-corrected chi connectivity index (χ1v) is 9.09. The largest absolute Gasteiger partial charge is 0.269 e. The van der Waals surface area contributed by atoms with E-state index in [1.54, 1.807) is 12.1 Å². The highest BCUT2D eigenvalue weighted by Crippen LogP contribution is 2.11. The molecular weight excluding hydrogens is 378 g/mol. The van der Waals surface area contributed by atoms with Gasteiger partial charge in [0.05, 0.1) is 11.4 Å². The number of hydrazine groups is 1. The van der Waals surface area contributed by atoms with Gasteiger partial charge in [-0.2, -0.15) is 4.72 Å². The molecule has 2 aromatic rings. The van der Waals surface area contributed by atoms with Crippen LogP contribution in [-0.2, 0) is 10.0 Å². The minimum atomic E-state index is -3.73. The predicted molar refractivity (Wildman–Crippen MR) is 96.8 cm³/mol. The van der Waals surface area contributed by atoms with E-state index in [2.05, 4.69) is 21.5 Å². The molecule has 0 aliphatic rings. The highest BCUT2D eigenvalue weighted by Gasteiger charge is 2.14. The molecule has 2 aromatic carbocycles. The predicted octanol–water partition coefficient (Wildman–Crippen LogP) is 1.33. The zero-order chi connectivity index (χ0) is 19.2. The minimum Gasteiger partial charge on any atom is -0.267 e. The second kappa shape index (κ2) is 8.49. The summed E-state index contributed by atoms with van der Waals surface area (Å²) in [6.45, 7) is -0.138. The maximum absolute atomic E-state index is 12.0. The Morgan fingerprint density at radius 3 is 1.85 bits per heavy atom. The summed E-state index contributed by atoms with van der Waals surface area (Å²) < 4.78 is 26.0. The third-order valence-corrected chi connectivity index (χ3v) is 4.86. The van der Waals surface area contributed by atoms with Gasteiger partial charge in [0.25, 0.3) is 11.8 Å². The van der Waals surface area contributed by atoms with Gasteiger partial charge in [-0.05, 0) is 48.5 Å². The van der Waals surface area contributed by atoms with Gasteiger partial charge in [0.1, 0.15) is 0 Å². The molecule has 0 bridgehead atoms. The molecule has 134 valence electrons. The number of hydrogen-bond acceptors (Lipinski definition) is 4. The van der Waals surface area contributed by atoms with Crippen molar-refractivity contribution in [3.8, 4) is 12.3 Å². The van der Waals surface area contributed by atoms with Gasteiger partial charge >= 0.3 is 0 Å². The second-order valence-electron chi connectivity index (χ2n) is 4.97. The fourth-order valence-electron chi connectivity index (χ4n) is 1.86. The summed E-state index contributed by atoms with van der Waals surface area (Å²) in [5, 5.41) is 0.484. The minimum absolute atomic E-state index is 0.0329. The van der Waals surface area contributed by atoms with Crippen molar-refractivity contribution >= 4 is 33.4 Å². The van der Waals surface area contributed by atoms with Crippen LogP contribution in [-0.4, -0.2) is 26.8 Å². The molecule has 0 spiro atoms. The van der Waals surface area contributed by atoms with Crippen molar-refractivity contribution in [1.82, 2.24) is 15.6 Å². The highest BCUT2D eigenvalue weighted by atomic mass is 35.5. The van der Waals surface area contributed by atoms with Crippen LogP contribution in [0.5, 0.6) is 0 Å². The molecule has 26 heavy (non-hydrogen) atoms. The van der Waals surface area contributed by atoms with Crippen LogP contribution in [0.15, 0.2) is 53.4 Å². The van der Waals surface area contributed by atoms with Gasteiger partial charge in [0.15, 0.2) is 0 Å². The Balaban J connectivity index is 1.99. The van der Waals surface area contributed by atoms with Crippen molar-refractivity contribution < 1.29 is 18.0 Å². The molecule has 0 atom stereocenters. The zero-order valence-electron chi connectivity index (χ0n) is 13.3. The lowest BCUT2D eigenvalue weighted by molar-refractivity contribution is 0.0846. The standard InChI is InChI=1S/C17H14ClN3O4S/c1-2-11-19-26(24,25)15-9-5-13(6-10-15)17(23)21-20-16(22)12-3-7-14(18)8-4-12/h1,3-10,19H,11H2,(H,20,22)(H,21,23). The van der Waals surface area contributed by atoms with E-state index in [0.29, 0.717) is 10.6 Å². The van der Waals surface area contributed by atoms with E-state index < -0.39 is 21.8 Å². The van der Waals surface area contributed by atoms with Crippen molar-refractivity contribution in [2.45, 2.75) is 4.90 Å². The van der Waals surface area contributed by atoms with Gasteiger partial charge in [-0.3, -0.25) is 20.4 Å². The average Bonchev–Trinajstić information content (AvgIpc) is 2.65. The first-order valence-electron chi connectivity index (χ1n) is 7.23. The number of benzene rings is 2. The number of rotatable bonds is 5. The molecule has 7 nitrogen and oxygen atoms in total. The Kier molecular flexibility index (Phi) is 6.36. The average molecular weight is 392 g/mol. The summed E-state index contributed by atoms with van der Waals surface area (Å²) in [4.78, 5) is 23.9. The molecule has 0 aliphatic carbocycles. The molecule has 2 rings (SSSR count). The van der Waals surface area contributed by atoms with Crippen LogP contribution in [0.3, 0.4) is 0 Å². The number of nitrogens with one attached hydrogen (secondary N) is 3. The molecule has 0 heterocycles. The van der Waals surface area contributed by atoms with Gasteiger partial charge in [-0.15, -0.1) is 6.42 Å². The van der Waals surface area contributed by atoms with Crippen LogP contribution in [0.2, 0.25) is 5.02 Å². The Morgan fingerprint density at radius 2 is 1.38 bits per heavy atom. The second-order valence-corrected chi connectivity index (χ2v) is 7.17. The summed E-state index contributed by atoms with van der Waals surface area (Å²) >= 11 is 5.74. The summed E-state index contributed by atoms with van der Waals surface area (Å²) in [7, 11) is -3.73. The Morgan fingerprint density at radius 1 is 0.923 bits per heavy atom. The molecule has 3 N–H and O–H groups in total. The van der Waals surface area contributed by atoms with Crippen LogP contribution in [0.4, 0.5) is 0 Å². The third-order valence-electron chi connectivity index (χ3n) is 3.19. The molecule has 0 saturated heterocycles. The number of hydrogen-bond donors (Lipinski definition) is 3. The lowest BCUT2D eigenvalue weighted by Crippen LogP contribution is -2.41. The van der Waals surface area contributed by atoms with Gasteiger partial charge < -0.3 is 0 Å². The van der Waals surface area contributed by atoms with E-state index in [0.717, 1.165) is 0 Å². The first-order chi connectivity index (χ1) is 12.3. The van der Waals surface area contributed by atoms with E-state index in [1.165, 1.54) is 36.4 Å². The van der Waals surface area contributed by atoms with Crippen LogP contribution in [0, 0.1) is 12.3 Å². The quantitative estimate of drug-likeness (QED) is 0.528. The molecule has 0 fully saturated rings. The number of halogens is 1. The summed E-state index contributed by atoms with van der Waals surface area (Å²) in [6.07, 6.45) is 5.01. The molecule has 0 aromatic heterocycles. The fourth-order valence-corrected chi connectivity index (χ4v) is 2.93. The van der Waals surface area contributed by atoms with Crippen molar-refractivity contribution in [1.29, 1.82) is 0 Å². The van der Waals surface area contributed by atoms with Crippen molar-refractivity contribution in [2.75, 3.05) is 6.54 Å².